The topological polar surface area (TPSA) is 66.0 Å². The zero-order valence-corrected chi connectivity index (χ0v) is 16.2. The molecular formula is C18H36N4O2. The Labute approximate surface area is 147 Å². The molecule has 1 rings (SSSR count). The van der Waals surface area contributed by atoms with Crippen molar-refractivity contribution in [2.24, 2.45) is 10.9 Å². The summed E-state index contributed by atoms with van der Waals surface area (Å²) in [5.41, 5.74) is -0.468. The Morgan fingerprint density at radius 3 is 2.50 bits per heavy atom. The Hall–Kier alpha value is -1.30. The van der Waals surface area contributed by atoms with Crippen molar-refractivity contribution in [1.82, 2.24) is 15.5 Å². The summed E-state index contributed by atoms with van der Waals surface area (Å²) >= 11 is 0. The molecule has 0 radical (unpaired) electrons. The van der Waals surface area contributed by atoms with Crippen LogP contribution in [0.4, 0.5) is 0 Å². The van der Waals surface area contributed by atoms with Crippen LogP contribution in [0.1, 0.15) is 53.9 Å². The summed E-state index contributed by atoms with van der Waals surface area (Å²) in [5.74, 6) is 1.25. The minimum atomic E-state index is -0.468. The van der Waals surface area contributed by atoms with Crippen LogP contribution in [-0.2, 0) is 9.53 Å². The molecule has 1 aliphatic heterocycles. The molecule has 6 heteroatoms. The van der Waals surface area contributed by atoms with E-state index in [1.165, 1.54) is 25.9 Å². The molecule has 0 amide bonds. The van der Waals surface area contributed by atoms with E-state index in [0.29, 0.717) is 5.96 Å². The Bertz CT molecular complexity index is 396. The molecule has 1 aliphatic rings. The number of aliphatic imine (C=N–C) groups is 1. The number of piperidine rings is 1. The quantitative estimate of drug-likeness (QED) is 0.321. The Balaban J connectivity index is 2.27. The lowest BCUT2D eigenvalue weighted by Crippen LogP contribution is -2.40. The fraction of sp³-hybridized carbons (Fsp3) is 0.889. The monoisotopic (exact) mass is 340 g/mol. The number of hydrogen-bond acceptors (Lipinski definition) is 4. The molecule has 24 heavy (non-hydrogen) atoms. The normalized spacial score (nSPS) is 17.6. The first-order valence-corrected chi connectivity index (χ1v) is 9.26. The summed E-state index contributed by atoms with van der Waals surface area (Å²) in [4.78, 5) is 18.6. The molecule has 0 aromatic carbocycles. The van der Waals surface area contributed by atoms with Crippen LogP contribution < -0.4 is 10.6 Å². The second kappa shape index (κ2) is 10.5. The van der Waals surface area contributed by atoms with Crippen molar-refractivity contribution >= 4 is 11.9 Å². The number of likely N-dealkylation sites (tertiary alicyclic amines) is 1. The number of carbonyl (C=O) groups excluding carboxylic acids is 1. The average molecular weight is 341 g/mol. The lowest BCUT2D eigenvalue weighted by molar-refractivity contribution is -0.152. The van der Waals surface area contributed by atoms with E-state index >= 15 is 0 Å². The zero-order chi connectivity index (χ0) is 18.0. The standard InChI is InChI=1S/C18H36N4O2/c1-6-19-17(21-14-16(23)24-18(3,4)5)20-10-7-11-22-12-8-15(2)9-13-22/h15H,6-14H2,1-5H3,(H2,19,20,21). The molecular weight excluding hydrogens is 304 g/mol. The van der Waals surface area contributed by atoms with Gasteiger partial charge in [-0.05, 0) is 72.5 Å². The number of rotatable bonds is 7. The van der Waals surface area contributed by atoms with E-state index in [9.17, 15) is 4.79 Å². The first-order valence-electron chi connectivity index (χ1n) is 9.26. The average Bonchev–Trinajstić information content (AvgIpc) is 2.49. The van der Waals surface area contributed by atoms with Crippen LogP contribution in [0.5, 0.6) is 0 Å². The molecule has 1 heterocycles. The minimum absolute atomic E-state index is 0.0383. The lowest BCUT2D eigenvalue weighted by atomic mass is 9.99. The Morgan fingerprint density at radius 1 is 1.25 bits per heavy atom. The summed E-state index contributed by atoms with van der Waals surface area (Å²) < 4.78 is 5.27. The fourth-order valence-electron chi connectivity index (χ4n) is 2.65. The van der Waals surface area contributed by atoms with Gasteiger partial charge in [0.25, 0.3) is 0 Å². The molecule has 2 N–H and O–H groups in total. The Kier molecular flexibility index (Phi) is 9.11. The van der Waals surface area contributed by atoms with Crippen molar-refractivity contribution in [1.29, 1.82) is 0 Å². The van der Waals surface area contributed by atoms with Crippen LogP contribution in [0.15, 0.2) is 4.99 Å². The summed E-state index contributed by atoms with van der Waals surface area (Å²) in [6, 6.07) is 0. The largest absolute Gasteiger partial charge is 0.459 e. The highest BCUT2D eigenvalue weighted by Gasteiger charge is 2.16. The van der Waals surface area contributed by atoms with Crippen LogP contribution in [0.3, 0.4) is 0 Å². The van der Waals surface area contributed by atoms with Crippen LogP contribution in [0.2, 0.25) is 0 Å². The van der Waals surface area contributed by atoms with Crippen molar-refractivity contribution in [3.8, 4) is 0 Å². The van der Waals surface area contributed by atoms with Gasteiger partial charge in [0.2, 0.25) is 0 Å². The maximum Gasteiger partial charge on any atom is 0.328 e. The summed E-state index contributed by atoms with van der Waals surface area (Å²) in [5, 5.41) is 6.45. The van der Waals surface area contributed by atoms with Gasteiger partial charge in [-0.15, -0.1) is 0 Å². The number of carbonyl (C=O) groups is 1. The number of esters is 1. The second-order valence-corrected chi connectivity index (χ2v) is 7.59. The number of hydrogen-bond donors (Lipinski definition) is 2. The van der Waals surface area contributed by atoms with Crippen LogP contribution in [-0.4, -0.2) is 61.7 Å². The number of nitrogens with zero attached hydrogens (tertiary/aromatic N) is 2. The van der Waals surface area contributed by atoms with E-state index in [2.05, 4.69) is 27.4 Å². The Morgan fingerprint density at radius 2 is 1.92 bits per heavy atom. The van der Waals surface area contributed by atoms with Gasteiger partial charge in [-0.3, -0.25) is 4.79 Å². The van der Waals surface area contributed by atoms with E-state index in [-0.39, 0.29) is 12.5 Å². The maximum atomic E-state index is 11.7. The van der Waals surface area contributed by atoms with Crippen molar-refractivity contribution in [2.75, 3.05) is 39.3 Å². The van der Waals surface area contributed by atoms with E-state index in [1.807, 2.05) is 27.7 Å². The first-order chi connectivity index (χ1) is 11.3. The van der Waals surface area contributed by atoms with Gasteiger partial charge < -0.3 is 20.3 Å². The molecule has 0 atom stereocenters. The van der Waals surface area contributed by atoms with Crippen molar-refractivity contribution in [3.05, 3.63) is 0 Å². The van der Waals surface area contributed by atoms with E-state index < -0.39 is 5.60 Å². The third-order valence-electron chi connectivity index (χ3n) is 3.95. The number of ether oxygens (including phenoxy) is 1. The number of nitrogens with one attached hydrogen (secondary N) is 2. The van der Waals surface area contributed by atoms with E-state index in [4.69, 9.17) is 4.74 Å². The van der Waals surface area contributed by atoms with Crippen molar-refractivity contribution in [2.45, 2.75) is 59.5 Å². The third kappa shape index (κ3) is 9.75. The first kappa shape index (κ1) is 20.7. The highest BCUT2D eigenvalue weighted by molar-refractivity contribution is 5.83. The van der Waals surface area contributed by atoms with Crippen LogP contribution in [0.25, 0.3) is 0 Å². The van der Waals surface area contributed by atoms with Gasteiger partial charge >= 0.3 is 5.97 Å². The highest BCUT2D eigenvalue weighted by atomic mass is 16.6. The van der Waals surface area contributed by atoms with Gasteiger partial charge in [-0.2, -0.15) is 0 Å². The molecule has 0 aromatic rings. The third-order valence-corrected chi connectivity index (χ3v) is 3.95. The predicted molar refractivity (Wildman–Crippen MR) is 99.3 cm³/mol. The summed E-state index contributed by atoms with van der Waals surface area (Å²) in [7, 11) is 0. The molecule has 0 bridgehead atoms. The maximum absolute atomic E-state index is 11.7. The molecule has 0 unspecified atom stereocenters. The van der Waals surface area contributed by atoms with Gasteiger partial charge in [0.15, 0.2) is 5.96 Å². The lowest BCUT2D eigenvalue weighted by Gasteiger charge is -2.30. The van der Waals surface area contributed by atoms with E-state index in [0.717, 1.165) is 32.0 Å². The summed E-state index contributed by atoms with van der Waals surface area (Å²) in [6.07, 6.45) is 3.70. The van der Waals surface area contributed by atoms with Crippen LogP contribution in [0, 0.1) is 5.92 Å². The molecule has 140 valence electrons. The molecule has 1 saturated heterocycles. The highest BCUT2D eigenvalue weighted by Crippen LogP contribution is 2.15. The predicted octanol–water partition coefficient (Wildman–Crippen LogP) is 2.01. The van der Waals surface area contributed by atoms with Crippen LogP contribution >= 0.6 is 0 Å². The second-order valence-electron chi connectivity index (χ2n) is 7.59. The number of guanidine groups is 1. The zero-order valence-electron chi connectivity index (χ0n) is 16.2. The fourth-order valence-corrected chi connectivity index (χ4v) is 2.65. The molecule has 6 nitrogen and oxygen atoms in total. The van der Waals surface area contributed by atoms with Crippen molar-refractivity contribution in [3.63, 3.8) is 0 Å². The molecule has 0 aromatic heterocycles. The summed E-state index contributed by atoms with van der Waals surface area (Å²) in [6.45, 7) is 15.1. The van der Waals surface area contributed by atoms with Gasteiger partial charge in [-0.25, -0.2) is 4.99 Å². The van der Waals surface area contributed by atoms with Crippen molar-refractivity contribution < 1.29 is 9.53 Å². The van der Waals surface area contributed by atoms with E-state index in [1.54, 1.807) is 0 Å². The minimum Gasteiger partial charge on any atom is -0.459 e. The molecule has 1 fully saturated rings. The van der Waals surface area contributed by atoms with Gasteiger partial charge in [0, 0.05) is 13.1 Å². The van der Waals surface area contributed by atoms with Gasteiger partial charge in [0.05, 0.1) is 0 Å². The van der Waals surface area contributed by atoms with Gasteiger partial charge in [-0.1, -0.05) is 6.92 Å². The molecule has 0 saturated carbocycles. The molecule has 0 spiro atoms. The SMILES string of the molecule is CCNC(=NCC(=O)OC(C)(C)C)NCCCN1CCC(C)CC1. The van der Waals surface area contributed by atoms with Gasteiger partial charge in [0.1, 0.15) is 12.1 Å². The smallest absolute Gasteiger partial charge is 0.328 e. The molecule has 0 aliphatic carbocycles.